The van der Waals surface area contributed by atoms with Gasteiger partial charge < -0.3 is 0 Å². The maximum Gasteiger partial charge on any atom is 0.0713 e. The summed E-state index contributed by atoms with van der Waals surface area (Å²) >= 11 is 0. The van der Waals surface area contributed by atoms with Gasteiger partial charge in [0.1, 0.15) is 0 Å². The standard InChI is InChI=1S/C13H20N2/c1-11(2)7-12(3,4)9-13(8-11,10-15)5-6-14/h5,7-9H2,1-4H3. The van der Waals surface area contributed by atoms with E-state index in [2.05, 4.69) is 39.8 Å². The first kappa shape index (κ1) is 12.1. The highest BCUT2D eigenvalue weighted by molar-refractivity contribution is 5.11. The zero-order chi connectivity index (χ0) is 11.7. The second kappa shape index (κ2) is 3.53. The molecule has 1 fully saturated rings. The fraction of sp³-hybridized carbons (Fsp3) is 0.846. The van der Waals surface area contributed by atoms with E-state index in [-0.39, 0.29) is 10.8 Å². The Hall–Kier alpha value is -1.02. The van der Waals surface area contributed by atoms with Crippen molar-refractivity contribution in [3.8, 4) is 12.1 Å². The molecule has 82 valence electrons. The maximum atomic E-state index is 9.34. The molecule has 15 heavy (non-hydrogen) atoms. The summed E-state index contributed by atoms with van der Waals surface area (Å²) in [4.78, 5) is 0. The predicted octanol–water partition coefficient (Wildman–Crippen LogP) is 3.65. The molecule has 0 amide bonds. The van der Waals surface area contributed by atoms with Gasteiger partial charge in [0.2, 0.25) is 0 Å². The van der Waals surface area contributed by atoms with Crippen molar-refractivity contribution in [2.75, 3.05) is 0 Å². The normalized spacial score (nSPS) is 26.3. The molecule has 1 aliphatic rings. The highest BCUT2D eigenvalue weighted by atomic mass is 14.5. The summed E-state index contributed by atoms with van der Waals surface area (Å²) in [5.41, 5.74) is -0.0668. The minimum Gasteiger partial charge on any atom is -0.198 e. The van der Waals surface area contributed by atoms with E-state index < -0.39 is 5.41 Å². The third-order valence-electron chi connectivity index (χ3n) is 3.25. The van der Waals surface area contributed by atoms with Gasteiger partial charge in [-0.2, -0.15) is 10.5 Å². The lowest BCUT2D eigenvalue weighted by Gasteiger charge is -2.48. The van der Waals surface area contributed by atoms with Crippen molar-refractivity contribution in [2.45, 2.75) is 53.4 Å². The van der Waals surface area contributed by atoms with Crippen LogP contribution in [-0.2, 0) is 0 Å². The van der Waals surface area contributed by atoms with Crippen LogP contribution in [0.15, 0.2) is 0 Å². The lowest BCUT2D eigenvalue weighted by atomic mass is 9.55. The van der Waals surface area contributed by atoms with Crippen LogP contribution in [0.25, 0.3) is 0 Å². The Labute approximate surface area is 92.9 Å². The van der Waals surface area contributed by atoms with Gasteiger partial charge in [-0.05, 0) is 30.1 Å². The van der Waals surface area contributed by atoms with E-state index in [1.807, 2.05) is 0 Å². The monoisotopic (exact) mass is 204 g/mol. The molecule has 0 aromatic rings. The van der Waals surface area contributed by atoms with E-state index in [1.165, 1.54) is 0 Å². The first-order valence-corrected chi connectivity index (χ1v) is 5.53. The third kappa shape index (κ3) is 2.72. The highest BCUT2D eigenvalue weighted by Crippen LogP contribution is 2.55. The van der Waals surface area contributed by atoms with E-state index in [1.54, 1.807) is 0 Å². The molecule has 0 aliphatic heterocycles. The number of rotatable bonds is 1. The van der Waals surface area contributed by atoms with Crippen molar-refractivity contribution in [3.63, 3.8) is 0 Å². The van der Waals surface area contributed by atoms with Crippen molar-refractivity contribution < 1.29 is 0 Å². The summed E-state index contributed by atoms with van der Waals surface area (Å²) in [6.07, 6.45) is 3.21. The van der Waals surface area contributed by atoms with Crippen LogP contribution >= 0.6 is 0 Å². The molecule has 0 N–H and O–H groups in total. The molecule has 0 spiro atoms. The SMILES string of the molecule is CC1(C)CC(C)(C)CC(C#N)(CC#N)C1. The van der Waals surface area contributed by atoms with Crippen molar-refractivity contribution in [3.05, 3.63) is 0 Å². The van der Waals surface area contributed by atoms with Gasteiger partial charge in [-0.3, -0.25) is 0 Å². The minimum atomic E-state index is -0.417. The average molecular weight is 204 g/mol. The molecular weight excluding hydrogens is 184 g/mol. The van der Waals surface area contributed by atoms with Gasteiger partial charge >= 0.3 is 0 Å². The summed E-state index contributed by atoms with van der Waals surface area (Å²) < 4.78 is 0. The maximum absolute atomic E-state index is 9.34. The van der Waals surface area contributed by atoms with Crippen LogP contribution in [0.3, 0.4) is 0 Å². The van der Waals surface area contributed by atoms with Gasteiger partial charge in [0.15, 0.2) is 0 Å². The van der Waals surface area contributed by atoms with Gasteiger partial charge in [-0.25, -0.2) is 0 Å². The topological polar surface area (TPSA) is 47.6 Å². The first-order valence-electron chi connectivity index (χ1n) is 5.53. The van der Waals surface area contributed by atoms with Crippen molar-refractivity contribution >= 4 is 0 Å². The van der Waals surface area contributed by atoms with Crippen LogP contribution in [0.1, 0.15) is 53.4 Å². The Bertz CT molecular complexity index is 309. The molecule has 1 rings (SSSR count). The smallest absolute Gasteiger partial charge is 0.0713 e. The predicted molar refractivity (Wildman–Crippen MR) is 59.7 cm³/mol. The molecule has 0 aromatic carbocycles. The van der Waals surface area contributed by atoms with Crippen LogP contribution < -0.4 is 0 Å². The molecule has 0 aromatic heterocycles. The molecule has 0 atom stereocenters. The Balaban J connectivity index is 3.02. The second-order valence-corrected chi connectivity index (χ2v) is 6.59. The van der Waals surface area contributed by atoms with E-state index in [0.29, 0.717) is 6.42 Å². The Morgan fingerprint density at radius 1 is 0.933 bits per heavy atom. The Kier molecular flexibility index (Phi) is 2.83. The molecule has 0 bridgehead atoms. The quantitative estimate of drug-likeness (QED) is 0.654. The fourth-order valence-corrected chi connectivity index (χ4v) is 3.71. The molecule has 0 saturated heterocycles. The number of nitriles is 2. The van der Waals surface area contributed by atoms with Crippen LogP contribution in [0, 0.1) is 38.9 Å². The number of nitrogens with zero attached hydrogens (tertiary/aromatic N) is 2. The van der Waals surface area contributed by atoms with Gasteiger partial charge in [0.05, 0.1) is 24.0 Å². The molecule has 0 heterocycles. The Morgan fingerprint density at radius 3 is 1.73 bits per heavy atom. The lowest BCUT2D eigenvalue weighted by molar-refractivity contribution is 0.0332. The van der Waals surface area contributed by atoms with Crippen LogP contribution in [0.5, 0.6) is 0 Å². The van der Waals surface area contributed by atoms with Gasteiger partial charge in [0.25, 0.3) is 0 Å². The van der Waals surface area contributed by atoms with Crippen LogP contribution in [0.2, 0.25) is 0 Å². The highest BCUT2D eigenvalue weighted by Gasteiger charge is 2.47. The van der Waals surface area contributed by atoms with Gasteiger partial charge in [0, 0.05) is 0 Å². The summed E-state index contributed by atoms with van der Waals surface area (Å²) in [7, 11) is 0. The second-order valence-electron chi connectivity index (χ2n) is 6.59. The molecule has 1 aliphatic carbocycles. The summed E-state index contributed by atoms with van der Waals surface area (Å²) in [6, 6.07) is 4.59. The van der Waals surface area contributed by atoms with E-state index in [9.17, 15) is 5.26 Å². The first-order chi connectivity index (χ1) is 6.74. The summed E-state index contributed by atoms with van der Waals surface area (Å²) in [5, 5.41) is 18.2. The summed E-state index contributed by atoms with van der Waals surface area (Å²) in [5.74, 6) is 0. The zero-order valence-electron chi connectivity index (χ0n) is 10.2. The molecule has 0 radical (unpaired) electrons. The van der Waals surface area contributed by atoms with Crippen molar-refractivity contribution in [1.82, 2.24) is 0 Å². The third-order valence-corrected chi connectivity index (χ3v) is 3.25. The molecule has 0 unspecified atom stereocenters. The van der Waals surface area contributed by atoms with Crippen LogP contribution in [0.4, 0.5) is 0 Å². The van der Waals surface area contributed by atoms with E-state index in [0.717, 1.165) is 19.3 Å². The van der Waals surface area contributed by atoms with Crippen molar-refractivity contribution in [1.29, 1.82) is 10.5 Å². The largest absolute Gasteiger partial charge is 0.198 e. The number of hydrogen-bond donors (Lipinski definition) is 0. The van der Waals surface area contributed by atoms with Crippen molar-refractivity contribution in [2.24, 2.45) is 16.2 Å². The minimum absolute atomic E-state index is 0.175. The van der Waals surface area contributed by atoms with E-state index >= 15 is 0 Å². The molecule has 1 saturated carbocycles. The molecular formula is C13H20N2. The van der Waals surface area contributed by atoms with Gasteiger partial charge in [-0.1, -0.05) is 27.7 Å². The fourth-order valence-electron chi connectivity index (χ4n) is 3.71. The molecule has 2 nitrogen and oxygen atoms in total. The van der Waals surface area contributed by atoms with Crippen LogP contribution in [-0.4, -0.2) is 0 Å². The molecule has 2 heteroatoms. The average Bonchev–Trinajstić information content (AvgIpc) is 1.98. The van der Waals surface area contributed by atoms with Gasteiger partial charge in [-0.15, -0.1) is 0 Å². The lowest BCUT2D eigenvalue weighted by Crippen LogP contribution is -2.40. The number of hydrogen-bond acceptors (Lipinski definition) is 2. The summed E-state index contributed by atoms with van der Waals surface area (Å²) in [6.45, 7) is 8.82. The van der Waals surface area contributed by atoms with E-state index in [4.69, 9.17) is 5.26 Å². The Morgan fingerprint density at radius 2 is 1.40 bits per heavy atom. The zero-order valence-corrected chi connectivity index (χ0v) is 10.2.